The number of likely N-dealkylation sites (N-methyl/N-ethyl adjacent to an activating group) is 1. The average Bonchev–Trinajstić information content (AvgIpc) is 2.64. The lowest BCUT2D eigenvalue weighted by Crippen LogP contribution is -2.44. The molecule has 2 atom stereocenters. The van der Waals surface area contributed by atoms with Crippen LogP contribution in [-0.2, 0) is 9.53 Å². The Kier molecular flexibility index (Phi) is 7.97. The summed E-state index contributed by atoms with van der Waals surface area (Å²) < 4.78 is 32.9. The molecule has 1 heterocycles. The maximum atomic E-state index is 14.0. The number of guanidine groups is 1. The fraction of sp³-hybridized carbons (Fsp3) is 0.579. The van der Waals surface area contributed by atoms with Crippen molar-refractivity contribution < 1.29 is 18.3 Å². The number of benzene rings is 1. The molecule has 2 N–H and O–H groups in total. The van der Waals surface area contributed by atoms with Crippen LogP contribution in [0, 0.1) is 11.6 Å². The molecule has 0 bridgehead atoms. The molecule has 0 saturated carbocycles. The smallest absolute Gasteiger partial charge is 0.243 e. The van der Waals surface area contributed by atoms with Gasteiger partial charge in [0.25, 0.3) is 0 Å². The highest BCUT2D eigenvalue weighted by Gasteiger charge is 2.17. The maximum absolute atomic E-state index is 14.0. The van der Waals surface area contributed by atoms with E-state index in [2.05, 4.69) is 15.6 Å². The van der Waals surface area contributed by atoms with Crippen molar-refractivity contribution in [2.24, 2.45) is 4.99 Å². The summed E-state index contributed by atoms with van der Waals surface area (Å²) in [6, 6.07) is 3.00. The number of hydrogen-bond donors (Lipinski definition) is 2. The van der Waals surface area contributed by atoms with Crippen LogP contribution in [0.15, 0.2) is 23.2 Å². The third kappa shape index (κ3) is 6.78. The minimum Gasteiger partial charge on any atom is -0.376 e. The topological polar surface area (TPSA) is 66.0 Å². The Hall–Kier alpha value is -2.22. The monoisotopic (exact) mass is 382 g/mol. The van der Waals surface area contributed by atoms with Crippen LogP contribution in [0.3, 0.4) is 0 Å². The zero-order chi connectivity index (χ0) is 19.8. The van der Waals surface area contributed by atoms with E-state index < -0.39 is 17.7 Å². The first-order valence-electron chi connectivity index (χ1n) is 9.18. The van der Waals surface area contributed by atoms with E-state index in [1.54, 1.807) is 21.0 Å². The predicted molar refractivity (Wildman–Crippen MR) is 100 cm³/mol. The van der Waals surface area contributed by atoms with E-state index in [1.165, 1.54) is 17.0 Å². The van der Waals surface area contributed by atoms with Gasteiger partial charge in [-0.25, -0.2) is 13.8 Å². The molecule has 2 rings (SSSR count). The SMILES string of the molecule is CC(NC(=NCC(=O)N(C)C)NCC1CCCCO1)c1ccc(F)cc1F. The summed E-state index contributed by atoms with van der Waals surface area (Å²) in [6.45, 7) is 2.99. The van der Waals surface area contributed by atoms with E-state index in [0.29, 0.717) is 18.1 Å². The van der Waals surface area contributed by atoms with Gasteiger partial charge in [0.1, 0.15) is 18.2 Å². The number of hydrogen-bond acceptors (Lipinski definition) is 3. The number of aliphatic imine (C=N–C) groups is 1. The quantitative estimate of drug-likeness (QED) is 0.585. The molecule has 1 aromatic carbocycles. The maximum Gasteiger partial charge on any atom is 0.243 e. The van der Waals surface area contributed by atoms with Crippen LogP contribution < -0.4 is 10.6 Å². The minimum absolute atomic E-state index is 0.0352. The van der Waals surface area contributed by atoms with Gasteiger partial charge in [-0.05, 0) is 32.3 Å². The van der Waals surface area contributed by atoms with Gasteiger partial charge >= 0.3 is 0 Å². The standard InChI is InChI=1S/C19H28F2N4O2/c1-13(16-8-7-14(20)10-17(16)21)24-19(23-12-18(26)25(2)3)22-11-15-6-4-5-9-27-15/h7-8,10,13,15H,4-6,9,11-12H2,1-3H3,(H2,22,23,24). The molecular formula is C19H28F2N4O2. The van der Waals surface area contributed by atoms with Crippen molar-refractivity contribution in [3.63, 3.8) is 0 Å². The first-order chi connectivity index (χ1) is 12.9. The number of nitrogens with zero attached hydrogens (tertiary/aromatic N) is 2. The van der Waals surface area contributed by atoms with Crippen molar-refractivity contribution in [1.82, 2.24) is 15.5 Å². The number of amides is 1. The number of carbonyl (C=O) groups excluding carboxylic acids is 1. The summed E-state index contributed by atoms with van der Waals surface area (Å²) in [5.74, 6) is -1.02. The Morgan fingerprint density at radius 3 is 2.78 bits per heavy atom. The minimum atomic E-state index is -0.630. The van der Waals surface area contributed by atoms with Crippen LogP contribution in [0.25, 0.3) is 0 Å². The summed E-state index contributed by atoms with van der Waals surface area (Å²) in [5.41, 5.74) is 0.318. The van der Waals surface area contributed by atoms with Crippen LogP contribution >= 0.6 is 0 Å². The summed E-state index contributed by atoms with van der Waals surface area (Å²) in [4.78, 5) is 17.6. The highest BCUT2D eigenvalue weighted by molar-refractivity contribution is 5.85. The van der Waals surface area contributed by atoms with Crippen LogP contribution in [0.5, 0.6) is 0 Å². The molecule has 1 aliphatic rings. The van der Waals surface area contributed by atoms with Crippen LogP contribution in [0.4, 0.5) is 8.78 Å². The van der Waals surface area contributed by atoms with Crippen molar-refractivity contribution in [3.05, 3.63) is 35.4 Å². The molecule has 0 aromatic heterocycles. The van der Waals surface area contributed by atoms with Gasteiger partial charge in [-0.1, -0.05) is 6.07 Å². The zero-order valence-corrected chi connectivity index (χ0v) is 16.1. The third-order valence-corrected chi connectivity index (χ3v) is 4.42. The van der Waals surface area contributed by atoms with E-state index >= 15 is 0 Å². The van der Waals surface area contributed by atoms with E-state index in [1.807, 2.05) is 0 Å². The fourth-order valence-electron chi connectivity index (χ4n) is 2.76. The number of carbonyl (C=O) groups is 1. The lowest BCUT2D eigenvalue weighted by Gasteiger charge is -2.25. The van der Waals surface area contributed by atoms with Crippen LogP contribution in [0.2, 0.25) is 0 Å². The van der Waals surface area contributed by atoms with Gasteiger partial charge in [0, 0.05) is 38.9 Å². The van der Waals surface area contributed by atoms with Crippen molar-refractivity contribution in [1.29, 1.82) is 0 Å². The first-order valence-corrected chi connectivity index (χ1v) is 9.18. The molecule has 27 heavy (non-hydrogen) atoms. The molecule has 150 valence electrons. The Balaban J connectivity index is 2.05. The molecule has 1 amide bonds. The van der Waals surface area contributed by atoms with Crippen molar-refractivity contribution in [3.8, 4) is 0 Å². The van der Waals surface area contributed by atoms with Gasteiger partial charge in [0.05, 0.1) is 12.1 Å². The second kappa shape index (κ2) is 10.2. The molecule has 2 unspecified atom stereocenters. The number of halogens is 2. The molecule has 0 radical (unpaired) electrons. The average molecular weight is 382 g/mol. The van der Waals surface area contributed by atoms with Gasteiger partial charge in [-0.15, -0.1) is 0 Å². The Morgan fingerprint density at radius 1 is 1.37 bits per heavy atom. The van der Waals surface area contributed by atoms with Crippen LogP contribution in [-0.4, -0.2) is 56.7 Å². The first kappa shape index (κ1) is 21.1. The second-order valence-electron chi connectivity index (χ2n) is 6.85. The Bertz CT molecular complexity index is 661. The van der Waals surface area contributed by atoms with E-state index in [9.17, 15) is 13.6 Å². The molecule has 6 nitrogen and oxygen atoms in total. The number of rotatable bonds is 6. The molecule has 1 saturated heterocycles. The largest absolute Gasteiger partial charge is 0.376 e. The van der Waals surface area contributed by atoms with E-state index in [4.69, 9.17) is 4.74 Å². The summed E-state index contributed by atoms with van der Waals surface area (Å²) in [7, 11) is 3.32. The normalized spacial score (nSPS) is 18.7. The van der Waals surface area contributed by atoms with Crippen molar-refractivity contribution >= 4 is 11.9 Å². The van der Waals surface area contributed by atoms with Gasteiger partial charge in [0.2, 0.25) is 5.91 Å². The molecule has 1 aromatic rings. The number of nitrogens with one attached hydrogen (secondary N) is 2. The highest BCUT2D eigenvalue weighted by atomic mass is 19.1. The Morgan fingerprint density at radius 2 is 2.15 bits per heavy atom. The predicted octanol–water partition coefficient (Wildman–Crippen LogP) is 2.22. The van der Waals surface area contributed by atoms with Gasteiger partial charge in [-0.3, -0.25) is 4.79 Å². The second-order valence-corrected chi connectivity index (χ2v) is 6.85. The van der Waals surface area contributed by atoms with E-state index in [0.717, 1.165) is 31.9 Å². The third-order valence-electron chi connectivity index (χ3n) is 4.42. The van der Waals surface area contributed by atoms with E-state index in [-0.39, 0.29) is 18.6 Å². The Labute approximate surface area is 159 Å². The van der Waals surface area contributed by atoms with Gasteiger partial charge in [-0.2, -0.15) is 0 Å². The summed E-state index contributed by atoms with van der Waals surface area (Å²) >= 11 is 0. The molecule has 1 fully saturated rings. The molecule has 0 aliphatic carbocycles. The molecule has 1 aliphatic heterocycles. The molecule has 8 heteroatoms. The molecule has 0 spiro atoms. The van der Waals surface area contributed by atoms with Gasteiger partial charge in [0.15, 0.2) is 5.96 Å². The summed E-state index contributed by atoms with van der Waals surface area (Å²) in [6.07, 6.45) is 3.21. The fourth-order valence-corrected chi connectivity index (χ4v) is 2.76. The molecular weight excluding hydrogens is 354 g/mol. The van der Waals surface area contributed by atoms with Crippen molar-refractivity contribution in [2.45, 2.75) is 38.3 Å². The van der Waals surface area contributed by atoms with Crippen molar-refractivity contribution in [2.75, 3.05) is 33.8 Å². The summed E-state index contributed by atoms with van der Waals surface area (Å²) in [5, 5.41) is 6.24. The highest BCUT2D eigenvalue weighted by Crippen LogP contribution is 2.17. The number of ether oxygens (including phenoxy) is 1. The lowest BCUT2D eigenvalue weighted by atomic mass is 10.1. The van der Waals surface area contributed by atoms with Gasteiger partial charge < -0.3 is 20.3 Å². The van der Waals surface area contributed by atoms with Crippen LogP contribution in [0.1, 0.15) is 37.8 Å². The lowest BCUT2D eigenvalue weighted by molar-refractivity contribution is -0.127. The zero-order valence-electron chi connectivity index (χ0n) is 16.1.